The van der Waals surface area contributed by atoms with Crippen LogP contribution in [0.1, 0.15) is 80.1 Å². The van der Waals surface area contributed by atoms with Gasteiger partial charge in [-0.05, 0) is 50.3 Å². The van der Waals surface area contributed by atoms with Gasteiger partial charge in [0.2, 0.25) is 10.0 Å². The highest BCUT2D eigenvalue weighted by atomic mass is 32.2. The molecule has 31 heavy (non-hydrogen) atoms. The first kappa shape index (κ1) is 23.7. The minimum absolute atomic E-state index is 0.0888. The van der Waals surface area contributed by atoms with Gasteiger partial charge in [0.05, 0.1) is 10.5 Å². The second kappa shape index (κ2) is 11.1. The van der Waals surface area contributed by atoms with E-state index in [0.29, 0.717) is 18.7 Å². The van der Waals surface area contributed by atoms with Crippen LogP contribution >= 0.6 is 0 Å². The first-order chi connectivity index (χ1) is 14.9. The van der Waals surface area contributed by atoms with Crippen LogP contribution in [-0.4, -0.2) is 50.3 Å². The molecule has 8 heteroatoms. The molecule has 1 N–H and O–H groups in total. The number of esters is 1. The highest BCUT2D eigenvalue weighted by Gasteiger charge is 2.27. The maximum Gasteiger partial charge on any atom is 0.338 e. The van der Waals surface area contributed by atoms with E-state index < -0.39 is 16.0 Å². The Balaban J connectivity index is 1.60. The van der Waals surface area contributed by atoms with Crippen LogP contribution < -0.4 is 5.32 Å². The van der Waals surface area contributed by atoms with Gasteiger partial charge in [-0.1, -0.05) is 44.6 Å². The molecule has 1 aliphatic heterocycles. The molecule has 0 spiro atoms. The molecule has 2 aliphatic rings. The van der Waals surface area contributed by atoms with Crippen LogP contribution in [-0.2, 0) is 19.6 Å². The number of nitrogens with zero attached hydrogens (tertiary/aromatic N) is 1. The topological polar surface area (TPSA) is 92.8 Å². The van der Waals surface area contributed by atoms with E-state index in [9.17, 15) is 18.0 Å². The van der Waals surface area contributed by atoms with Crippen molar-refractivity contribution in [2.75, 3.05) is 19.7 Å². The van der Waals surface area contributed by atoms with Gasteiger partial charge in [-0.3, -0.25) is 4.79 Å². The van der Waals surface area contributed by atoms with Gasteiger partial charge in [0, 0.05) is 19.1 Å². The van der Waals surface area contributed by atoms with Gasteiger partial charge in [-0.15, -0.1) is 0 Å². The van der Waals surface area contributed by atoms with Gasteiger partial charge < -0.3 is 10.1 Å². The molecule has 0 atom stereocenters. The van der Waals surface area contributed by atoms with Crippen molar-refractivity contribution in [3.8, 4) is 0 Å². The summed E-state index contributed by atoms with van der Waals surface area (Å²) >= 11 is 0. The number of benzene rings is 1. The van der Waals surface area contributed by atoms with E-state index in [1.807, 2.05) is 0 Å². The Morgan fingerprint density at radius 1 is 1.00 bits per heavy atom. The smallest absolute Gasteiger partial charge is 0.338 e. The number of sulfonamides is 1. The van der Waals surface area contributed by atoms with E-state index >= 15 is 0 Å². The largest absolute Gasteiger partial charge is 0.452 e. The lowest BCUT2D eigenvalue weighted by Gasteiger charge is -2.26. The molecule has 0 bridgehead atoms. The molecule has 0 radical (unpaired) electrons. The van der Waals surface area contributed by atoms with Gasteiger partial charge in [0.25, 0.3) is 5.91 Å². The van der Waals surface area contributed by atoms with E-state index in [0.717, 1.165) is 44.9 Å². The summed E-state index contributed by atoms with van der Waals surface area (Å²) in [5.74, 6) is -0.991. The van der Waals surface area contributed by atoms with E-state index in [1.54, 1.807) is 13.0 Å². The molecule has 2 fully saturated rings. The number of amides is 1. The minimum Gasteiger partial charge on any atom is -0.452 e. The molecular formula is C23H34N2O5S. The fourth-order valence-corrected chi connectivity index (χ4v) is 5.86. The lowest BCUT2D eigenvalue weighted by atomic mass is 9.97. The monoisotopic (exact) mass is 450 g/mol. The maximum absolute atomic E-state index is 12.9. The molecular weight excluding hydrogens is 416 g/mol. The van der Waals surface area contributed by atoms with Crippen LogP contribution in [0.3, 0.4) is 0 Å². The number of aryl methyl sites for hydroxylation is 1. The van der Waals surface area contributed by atoms with E-state index in [4.69, 9.17) is 4.74 Å². The Labute approximate surface area is 185 Å². The molecule has 1 aromatic rings. The molecule has 1 saturated carbocycles. The summed E-state index contributed by atoms with van der Waals surface area (Å²) in [6, 6.07) is 4.64. The lowest BCUT2D eigenvalue weighted by molar-refractivity contribution is -0.125. The molecule has 1 aromatic carbocycles. The van der Waals surface area contributed by atoms with Crippen molar-refractivity contribution in [2.24, 2.45) is 0 Å². The molecule has 0 unspecified atom stereocenters. The summed E-state index contributed by atoms with van der Waals surface area (Å²) in [6.45, 7) is 2.36. The standard InChI is InChI=1S/C23H34N2O5S/c1-18-12-13-20(31(28,29)25-14-8-5-9-15-25)16-21(18)23(27)30-17-22(26)24-19-10-6-3-2-4-7-11-19/h12-13,16,19H,2-11,14-15,17H2,1H3,(H,24,26). The second-order valence-corrected chi connectivity index (χ2v) is 10.6. The molecule has 1 heterocycles. The number of ether oxygens (including phenoxy) is 1. The fourth-order valence-electron chi connectivity index (χ4n) is 4.31. The lowest BCUT2D eigenvalue weighted by Crippen LogP contribution is -2.38. The van der Waals surface area contributed by atoms with E-state index in [1.165, 1.54) is 35.7 Å². The highest BCUT2D eigenvalue weighted by molar-refractivity contribution is 7.89. The second-order valence-electron chi connectivity index (χ2n) is 8.63. The number of hydrogen-bond acceptors (Lipinski definition) is 5. The predicted molar refractivity (Wildman–Crippen MR) is 118 cm³/mol. The number of rotatable bonds is 6. The van der Waals surface area contributed by atoms with Crippen molar-refractivity contribution >= 4 is 21.9 Å². The van der Waals surface area contributed by atoms with E-state index in [-0.39, 0.29) is 29.0 Å². The van der Waals surface area contributed by atoms with Crippen molar-refractivity contribution in [3.05, 3.63) is 29.3 Å². The zero-order valence-electron chi connectivity index (χ0n) is 18.4. The van der Waals surface area contributed by atoms with Gasteiger partial charge in [0.1, 0.15) is 0 Å². The maximum atomic E-state index is 12.9. The molecule has 1 amide bonds. The van der Waals surface area contributed by atoms with Crippen molar-refractivity contribution in [1.29, 1.82) is 0 Å². The van der Waals surface area contributed by atoms with Gasteiger partial charge in [0.15, 0.2) is 6.61 Å². The molecule has 1 saturated heterocycles. The minimum atomic E-state index is -3.65. The van der Waals surface area contributed by atoms with Crippen molar-refractivity contribution in [2.45, 2.75) is 82.1 Å². The van der Waals surface area contributed by atoms with Crippen LogP contribution in [0, 0.1) is 6.92 Å². The third-order valence-electron chi connectivity index (χ3n) is 6.19. The quantitative estimate of drug-likeness (QED) is 0.669. The van der Waals surface area contributed by atoms with E-state index in [2.05, 4.69) is 5.32 Å². The summed E-state index contributed by atoms with van der Waals surface area (Å²) in [7, 11) is -3.65. The van der Waals surface area contributed by atoms with Gasteiger partial charge in [-0.2, -0.15) is 4.31 Å². The van der Waals surface area contributed by atoms with Crippen LogP contribution in [0.4, 0.5) is 0 Å². The summed E-state index contributed by atoms with van der Waals surface area (Å²) in [5.41, 5.74) is 0.792. The van der Waals surface area contributed by atoms with Gasteiger partial charge >= 0.3 is 5.97 Å². The Bertz CT molecular complexity index is 870. The number of hydrogen-bond donors (Lipinski definition) is 1. The summed E-state index contributed by atoms with van der Waals surface area (Å²) in [6.07, 6.45) is 10.5. The molecule has 7 nitrogen and oxygen atoms in total. The fraction of sp³-hybridized carbons (Fsp3) is 0.652. The van der Waals surface area contributed by atoms with Crippen molar-refractivity contribution < 1.29 is 22.7 Å². The average molecular weight is 451 g/mol. The summed E-state index contributed by atoms with van der Waals surface area (Å²) in [4.78, 5) is 25.0. The van der Waals surface area contributed by atoms with Gasteiger partial charge in [-0.25, -0.2) is 13.2 Å². The average Bonchev–Trinajstić information content (AvgIpc) is 2.74. The Kier molecular flexibility index (Phi) is 8.49. The molecule has 3 rings (SSSR count). The summed E-state index contributed by atoms with van der Waals surface area (Å²) in [5, 5.41) is 2.97. The third-order valence-corrected chi connectivity index (χ3v) is 8.08. The normalized spacial score (nSPS) is 19.3. The number of nitrogens with one attached hydrogen (secondary N) is 1. The Hall–Kier alpha value is -1.93. The highest BCUT2D eigenvalue weighted by Crippen LogP contribution is 2.23. The molecule has 1 aliphatic carbocycles. The Morgan fingerprint density at radius 3 is 2.29 bits per heavy atom. The first-order valence-corrected chi connectivity index (χ1v) is 12.9. The number of carbonyl (C=O) groups is 2. The Morgan fingerprint density at radius 2 is 1.61 bits per heavy atom. The SMILES string of the molecule is Cc1ccc(S(=O)(=O)N2CCCCC2)cc1C(=O)OCC(=O)NC1CCCCCCC1. The predicted octanol–water partition coefficient (Wildman–Crippen LogP) is 3.56. The van der Waals surface area contributed by atoms with Crippen LogP contribution in [0.25, 0.3) is 0 Å². The van der Waals surface area contributed by atoms with Crippen LogP contribution in [0.15, 0.2) is 23.1 Å². The summed E-state index contributed by atoms with van der Waals surface area (Å²) < 4.78 is 32.5. The zero-order chi connectivity index (χ0) is 22.3. The zero-order valence-corrected chi connectivity index (χ0v) is 19.2. The van der Waals surface area contributed by atoms with Crippen molar-refractivity contribution in [3.63, 3.8) is 0 Å². The third kappa shape index (κ3) is 6.53. The molecule has 0 aromatic heterocycles. The number of carbonyl (C=O) groups excluding carboxylic acids is 2. The first-order valence-electron chi connectivity index (χ1n) is 11.5. The molecule has 172 valence electrons. The van der Waals surface area contributed by atoms with Crippen LogP contribution in [0.5, 0.6) is 0 Å². The van der Waals surface area contributed by atoms with Crippen LogP contribution in [0.2, 0.25) is 0 Å². The van der Waals surface area contributed by atoms with Crippen molar-refractivity contribution in [1.82, 2.24) is 9.62 Å². The number of piperidine rings is 1.